The second-order valence-electron chi connectivity index (χ2n) is 18.3. The number of nitrogens with zero attached hydrogens (tertiary/aromatic N) is 9. The Kier molecular flexibility index (Phi) is 18.3. The Hall–Kier alpha value is -7.59. The maximum atomic E-state index is 14.4. The third-order valence-electron chi connectivity index (χ3n) is 10.9. The number of aromatic nitrogens is 7. The summed E-state index contributed by atoms with van der Waals surface area (Å²) in [5, 5.41) is 22.1. The van der Waals surface area contributed by atoms with Crippen molar-refractivity contribution in [2.45, 2.75) is 103 Å². The molecule has 7 rings (SSSR count). The van der Waals surface area contributed by atoms with Gasteiger partial charge in [0.15, 0.2) is 5.03 Å². The van der Waals surface area contributed by atoms with Gasteiger partial charge in [-0.3, -0.25) is 19.3 Å². The van der Waals surface area contributed by atoms with Crippen LogP contribution in [0.5, 0.6) is 0 Å². The second-order valence-corrected chi connectivity index (χ2v) is 21.5. The molecule has 0 radical (unpaired) electrons. The average molecular weight is 1040 g/mol. The van der Waals surface area contributed by atoms with E-state index in [1.165, 1.54) is 70.5 Å². The summed E-state index contributed by atoms with van der Waals surface area (Å²) in [6.07, 6.45) is 9.29. The van der Waals surface area contributed by atoms with E-state index in [-0.39, 0.29) is 39.8 Å². The lowest BCUT2D eigenvalue weighted by Crippen LogP contribution is -2.51. The topological polar surface area (TPSA) is 239 Å². The zero-order chi connectivity index (χ0) is 54.1. The number of benzene rings is 2. The molecule has 0 atom stereocenters. The van der Waals surface area contributed by atoms with Gasteiger partial charge in [-0.25, -0.2) is 22.9 Å². The molecular formula is C51H62F2N12O6S2. The van der Waals surface area contributed by atoms with Gasteiger partial charge in [0, 0.05) is 101 Å². The van der Waals surface area contributed by atoms with Gasteiger partial charge in [-0.05, 0) is 136 Å². The van der Waals surface area contributed by atoms with Crippen LogP contribution in [-0.2, 0) is 20.0 Å². The van der Waals surface area contributed by atoms with Crippen LogP contribution in [0.2, 0.25) is 0 Å². The van der Waals surface area contributed by atoms with E-state index >= 15 is 0 Å². The van der Waals surface area contributed by atoms with Crippen molar-refractivity contribution in [3.63, 3.8) is 0 Å². The smallest absolute Gasteiger partial charge is 0.388 e. The van der Waals surface area contributed by atoms with Gasteiger partial charge in [-0.1, -0.05) is 27.7 Å². The largest absolute Gasteiger partial charge is 0.806 e. The molecule has 0 fully saturated rings. The van der Waals surface area contributed by atoms with Crippen LogP contribution in [0.25, 0.3) is 22.3 Å². The number of nitrogens with one attached hydrogen (secondary N) is 2. The molecule has 2 aromatic carbocycles. The number of carbonyl (C=O) groups is 1. The fraction of sp³-hybridized carbons (Fsp3) is 0.314. The van der Waals surface area contributed by atoms with Crippen LogP contribution in [0, 0.1) is 25.5 Å². The summed E-state index contributed by atoms with van der Waals surface area (Å²) in [6.45, 7) is 18.9. The molecular weight excluding hydrogens is 979 g/mol. The minimum atomic E-state index is -4.20. The summed E-state index contributed by atoms with van der Waals surface area (Å²) in [5.74, 6) is -0.656. The Labute approximate surface area is 425 Å². The number of carbonyl (C=O) groups excluding carboxylic acids is 1. The number of nitrogen functional groups attached to an aromatic ring is 1. The van der Waals surface area contributed by atoms with E-state index in [4.69, 9.17) is 5.73 Å². The van der Waals surface area contributed by atoms with E-state index in [0.29, 0.717) is 28.1 Å². The van der Waals surface area contributed by atoms with Gasteiger partial charge >= 0.3 is 16.1 Å². The highest BCUT2D eigenvalue weighted by Crippen LogP contribution is 2.37. The van der Waals surface area contributed by atoms with Crippen molar-refractivity contribution in [1.82, 2.24) is 34.3 Å². The van der Waals surface area contributed by atoms with Gasteiger partial charge in [-0.2, -0.15) is 27.0 Å². The molecule has 73 heavy (non-hydrogen) atoms. The highest BCUT2D eigenvalue weighted by atomic mass is 32.2. The first-order valence-corrected chi connectivity index (χ1v) is 26.0. The summed E-state index contributed by atoms with van der Waals surface area (Å²) in [4.78, 5) is 22.9. The predicted molar refractivity (Wildman–Crippen MR) is 277 cm³/mol. The van der Waals surface area contributed by atoms with Crippen molar-refractivity contribution in [2.24, 2.45) is 4.40 Å². The first-order chi connectivity index (χ1) is 34.2. The third kappa shape index (κ3) is 14.8. The van der Waals surface area contributed by atoms with E-state index in [2.05, 4.69) is 29.9 Å². The number of amides is 2. The number of hydrogen-bond donors (Lipinski definition) is 3. The number of pyridine rings is 3. The number of hydrogen-bond acceptors (Lipinski definition) is 12. The molecule has 0 aliphatic heterocycles. The summed E-state index contributed by atoms with van der Waals surface area (Å²) >= 11 is 0. The number of nitrogens with two attached hydrogens (primary N) is 1. The normalized spacial score (nSPS) is 11.8. The van der Waals surface area contributed by atoms with E-state index < -0.39 is 37.9 Å². The fourth-order valence-corrected chi connectivity index (χ4v) is 8.75. The lowest BCUT2D eigenvalue weighted by Gasteiger charge is -2.19. The maximum Gasteiger partial charge on any atom is 0.388 e. The number of sulfonamides is 2. The van der Waals surface area contributed by atoms with Crippen LogP contribution in [0.3, 0.4) is 0 Å². The van der Waals surface area contributed by atoms with Crippen LogP contribution < -0.4 is 30.3 Å². The van der Waals surface area contributed by atoms with Gasteiger partial charge in [0.1, 0.15) is 11.6 Å². The van der Waals surface area contributed by atoms with Gasteiger partial charge < -0.3 is 21.1 Å². The van der Waals surface area contributed by atoms with Crippen molar-refractivity contribution >= 4 is 49.2 Å². The Balaban J connectivity index is 0.000000212. The number of aryl methyl sites for hydroxylation is 2. The maximum absolute atomic E-state index is 14.4. The van der Waals surface area contributed by atoms with Crippen molar-refractivity contribution in [2.75, 3.05) is 30.0 Å². The Morgan fingerprint density at radius 3 is 1.67 bits per heavy atom. The highest BCUT2D eigenvalue weighted by Gasteiger charge is 2.25. The molecule has 0 unspecified atom stereocenters. The molecule has 22 heteroatoms. The van der Waals surface area contributed by atoms with E-state index in [1.54, 1.807) is 43.6 Å². The van der Waals surface area contributed by atoms with Crippen LogP contribution in [-0.4, -0.2) is 72.5 Å². The highest BCUT2D eigenvalue weighted by molar-refractivity contribution is 7.90. The third-order valence-corrected chi connectivity index (χ3v) is 13.3. The molecule has 5 heterocycles. The Morgan fingerprint density at radius 1 is 0.712 bits per heavy atom. The summed E-state index contributed by atoms with van der Waals surface area (Å²) < 4.78 is 87.0. The number of halogens is 2. The van der Waals surface area contributed by atoms with Crippen LogP contribution in [0.15, 0.2) is 124 Å². The van der Waals surface area contributed by atoms with Crippen molar-refractivity contribution in [1.29, 1.82) is 0 Å². The van der Waals surface area contributed by atoms with E-state index in [0.717, 1.165) is 38.3 Å². The lowest BCUT2D eigenvalue weighted by atomic mass is 9.94. The number of anilines is 3. The Bertz CT molecular complexity index is 3320. The standard InChI is InChI=1S/C22H26FN5O3S.C15H17FN2.C14H19N5O3S/c1-13(2)18-11-17(23)12-19(16-6-8-24-15(5)10-16)21(18)25-22(29)27-32(30,31)20-7-9-28(26-20)14(3)4;1-9(2)13-7-12(16)8-14(15(13)17)11-4-5-18-10(3)6-11;1-11(2)19-10-7-13(15-19)23(21,22)16-14(20)18-8-5-12(6-9-18)17(3)4/h6-14H,1-5H3,(H2,25,27,29);4-9H,17H2,1-3H3;5-11H,1-4H3. The molecule has 0 saturated carbocycles. The molecule has 0 aliphatic carbocycles. The fourth-order valence-electron chi connectivity index (χ4n) is 7.08. The van der Waals surface area contributed by atoms with E-state index in [9.17, 15) is 35.5 Å². The molecule has 0 aliphatic rings. The van der Waals surface area contributed by atoms with Gasteiger partial charge in [0.2, 0.25) is 5.03 Å². The minimum absolute atomic E-state index is 0.0163. The van der Waals surface area contributed by atoms with Crippen LogP contribution >= 0.6 is 0 Å². The van der Waals surface area contributed by atoms with Gasteiger partial charge in [0.05, 0.1) is 18.1 Å². The molecule has 5 aromatic heterocycles. The lowest BCUT2D eigenvalue weighted by molar-refractivity contribution is -0.613. The van der Waals surface area contributed by atoms with Crippen molar-refractivity contribution in [3.05, 3.63) is 144 Å². The zero-order valence-corrected chi connectivity index (χ0v) is 44.5. The summed E-state index contributed by atoms with van der Waals surface area (Å²) in [5.41, 5.74) is 13.7. The molecule has 0 saturated heterocycles. The molecule has 7 aromatic rings. The molecule has 18 nitrogen and oxygen atoms in total. The first kappa shape index (κ1) is 56.3. The second kappa shape index (κ2) is 23.8. The van der Waals surface area contributed by atoms with Crippen molar-refractivity contribution < 1.29 is 40.1 Å². The van der Waals surface area contributed by atoms with Crippen molar-refractivity contribution in [3.8, 4) is 22.3 Å². The molecule has 2 amide bonds. The van der Waals surface area contributed by atoms with Gasteiger partial charge in [0.25, 0.3) is 16.0 Å². The quantitative estimate of drug-likeness (QED) is 0.0454. The van der Waals surface area contributed by atoms with Crippen LogP contribution in [0.4, 0.5) is 30.6 Å². The van der Waals surface area contributed by atoms with E-state index in [1.807, 2.05) is 98.2 Å². The SMILES string of the molecule is CC(C)n1ccc(S(=O)(=O)N=C([O-])[n+]2ccc(N(C)C)cc2)n1.Cc1cc(-c2cc(F)cc(C(C)C)c2N)ccn1.Cc1cc(-c2cc(F)cc(C(C)C)c2NC(=O)NS(=O)(=O)c2ccn(C(C)C)n2)ccn1. The first-order valence-electron chi connectivity index (χ1n) is 23.1. The summed E-state index contributed by atoms with van der Waals surface area (Å²) in [7, 11) is -4.61. The molecule has 4 N–H and O–H groups in total. The number of rotatable bonds is 12. The average Bonchev–Trinajstić information content (AvgIpc) is 4.04. The molecule has 0 bridgehead atoms. The molecule has 0 spiro atoms. The summed E-state index contributed by atoms with van der Waals surface area (Å²) in [6, 6.07) is 17.0. The number of urea groups is 1. The minimum Gasteiger partial charge on any atom is -0.806 e. The predicted octanol–water partition coefficient (Wildman–Crippen LogP) is 8.28. The zero-order valence-electron chi connectivity index (χ0n) is 42.8. The van der Waals surface area contributed by atoms with Crippen LogP contribution in [0.1, 0.15) is 102 Å². The monoisotopic (exact) mass is 1040 g/mol. The van der Waals surface area contributed by atoms with Gasteiger partial charge in [-0.15, -0.1) is 0 Å². The molecule has 388 valence electrons. The Morgan fingerprint density at radius 2 is 1.19 bits per heavy atom.